The quantitative estimate of drug-likeness (QED) is 0.396. The molecule has 1 aromatic heterocycles. The summed E-state index contributed by atoms with van der Waals surface area (Å²) in [6.45, 7) is 4.38. The second-order valence-corrected chi connectivity index (χ2v) is 8.84. The Morgan fingerprint density at radius 1 is 0.710 bits per heavy atom. The summed E-state index contributed by atoms with van der Waals surface area (Å²) >= 11 is 0. The van der Waals surface area contributed by atoms with Gasteiger partial charge in [0.05, 0.1) is 0 Å². The Labute approximate surface area is 180 Å². The van der Waals surface area contributed by atoms with Crippen molar-refractivity contribution in [3.8, 4) is 22.3 Å². The van der Waals surface area contributed by atoms with Crippen LogP contribution in [0.1, 0.15) is 25.0 Å². The van der Waals surface area contributed by atoms with Gasteiger partial charge in [-0.25, -0.2) is 0 Å². The summed E-state index contributed by atoms with van der Waals surface area (Å²) in [6.07, 6.45) is 0. The zero-order valence-corrected chi connectivity index (χ0v) is 17.4. The van der Waals surface area contributed by atoms with Gasteiger partial charge in [0.1, 0.15) is 11.2 Å². The molecule has 4 aromatic carbocycles. The first-order chi connectivity index (χ1) is 14.9. The van der Waals surface area contributed by atoms with Gasteiger partial charge in [-0.3, -0.25) is 0 Å². The second kappa shape index (κ2) is 6.33. The zero-order valence-electron chi connectivity index (χ0n) is 17.4. The van der Waals surface area contributed by atoms with Crippen LogP contribution in [0.3, 0.4) is 0 Å². The molecule has 5 aromatic rings. The number of benzene rings is 4. The minimum atomic E-state index is -1.47. The Hall–Kier alpha value is -3.34. The lowest BCUT2D eigenvalue weighted by atomic mass is 9.75. The highest BCUT2D eigenvalue weighted by atomic mass is 16.4. The number of hydrogen-bond donors (Lipinski definition) is 2. The first-order valence-corrected chi connectivity index (χ1v) is 10.5. The molecule has 1 aliphatic carbocycles. The maximum absolute atomic E-state index is 9.64. The Balaban J connectivity index is 1.56. The van der Waals surface area contributed by atoms with Crippen LogP contribution in [-0.4, -0.2) is 17.2 Å². The van der Waals surface area contributed by atoms with Crippen molar-refractivity contribution in [3.05, 3.63) is 90.0 Å². The highest BCUT2D eigenvalue weighted by Crippen LogP contribution is 2.49. The third-order valence-electron chi connectivity index (χ3n) is 6.71. The Morgan fingerprint density at radius 2 is 1.42 bits per heavy atom. The molecular weight excluding hydrogens is 383 g/mol. The normalized spacial score (nSPS) is 14.1. The van der Waals surface area contributed by atoms with Crippen molar-refractivity contribution in [2.24, 2.45) is 0 Å². The van der Waals surface area contributed by atoms with Crippen molar-refractivity contribution in [2.45, 2.75) is 19.3 Å². The number of hydrogen-bond acceptors (Lipinski definition) is 3. The molecule has 0 aliphatic heterocycles. The van der Waals surface area contributed by atoms with Gasteiger partial charge in [0.25, 0.3) is 0 Å². The van der Waals surface area contributed by atoms with Gasteiger partial charge < -0.3 is 14.5 Å². The van der Waals surface area contributed by atoms with Crippen LogP contribution in [0.4, 0.5) is 0 Å². The van der Waals surface area contributed by atoms with Crippen molar-refractivity contribution < 1.29 is 14.5 Å². The summed E-state index contributed by atoms with van der Waals surface area (Å²) in [7, 11) is -1.47. The maximum atomic E-state index is 9.64. The Bertz CT molecular complexity index is 1490. The fourth-order valence-electron chi connectivity index (χ4n) is 5.06. The summed E-state index contributed by atoms with van der Waals surface area (Å²) in [5.41, 5.74) is 8.97. The SMILES string of the molecule is CC1(C)c2cc(B(O)O)ccc2-c2ccc(-c3cccc4c3oc3ccccc34)cc21. The van der Waals surface area contributed by atoms with Gasteiger partial charge in [0, 0.05) is 21.8 Å². The van der Waals surface area contributed by atoms with Crippen LogP contribution in [0.25, 0.3) is 44.2 Å². The lowest BCUT2D eigenvalue weighted by Gasteiger charge is -2.22. The molecule has 0 saturated heterocycles. The maximum Gasteiger partial charge on any atom is 0.488 e. The molecule has 150 valence electrons. The van der Waals surface area contributed by atoms with Gasteiger partial charge in [0.2, 0.25) is 0 Å². The minimum Gasteiger partial charge on any atom is -0.455 e. The van der Waals surface area contributed by atoms with Crippen molar-refractivity contribution in [2.75, 3.05) is 0 Å². The summed E-state index contributed by atoms with van der Waals surface area (Å²) in [4.78, 5) is 0. The van der Waals surface area contributed by atoms with Crippen LogP contribution in [0.5, 0.6) is 0 Å². The smallest absolute Gasteiger partial charge is 0.455 e. The summed E-state index contributed by atoms with van der Waals surface area (Å²) < 4.78 is 6.26. The zero-order chi connectivity index (χ0) is 21.3. The van der Waals surface area contributed by atoms with Gasteiger partial charge >= 0.3 is 7.12 Å². The minimum absolute atomic E-state index is 0.243. The predicted molar refractivity (Wildman–Crippen MR) is 127 cm³/mol. The van der Waals surface area contributed by atoms with Gasteiger partial charge in [-0.1, -0.05) is 80.6 Å². The third-order valence-corrected chi connectivity index (χ3v) is 6.71. The van der Waals surface area contributed by atoms with E-state index in [2.05, 4.69) is 56.3 Å². The second-order valence-electron chi connectivity index (χ2n) is 8.84. The fourth-order valence-corrected chi connectivity index (χ4v) is 5.06. The standard InChI is InChI=1S/C27H21BO3/c1-27(2)23-14-16(10-12-19(23)20-13-11-17(28(29)30)15-24(20)27)18-7-5-8-22-21-6-3-4-9-25(21)31-26(18)22/h3-15,29-30H,1-2H3. The van der Waals surface area contributed by atoms with Crippen LogP contribution >= 0.6 is 0 Å². The van der Waals surface area contributed by atoms with E-state index in [-0.39, 0.29) is 5.41 Å². The average molecular weight is 404 g/mol. The van der Waals surface area contributed by atoms with Gasteiger partial charge in [-0.2, -0.15) is 0 Å². The fraction of sp³-hybridized carbons (Fsp3) is 0.111. The van der Waals surface area contributed by atoms with Crippen molar-refractivity contribution in [1.29, 1.82) is 0 Å². The molecule has 3 nitrogen and oxygen atoms in total. The molecule has 0 spiro atoms. The lowest BCUT2D eigenvalue weighted by molar-refractivity contribution is 0.425. The van der Waals surface area contributed by atoms with E-state index < -0.39 is 7.12 Å². The lowest BCUT2D eigenvalue weighted by Crippen LogP contribution is -2.31. The summed E-state index contributed by atoms with van der Waals surface area (Å²) in [6, 6.07) is 26.7. The molecule has 0 radical (unpaired) electrons. The molecular formula is C27H21BO3. The van der Waals surface area contributed by atoms with E-state index in [1.807, 2.05) is 30.3 Å². The van der Waals surface area contributed by atoms with E-state index in [4.69, 9.17) is 4.42 Å². The van der Waals surface area contributed by atoms with E-state index in [1.54, 1.807) is 6.07 Å². The van der Waals surface area contributed by atoms with Gasteiger partial charge in [0.15, 0.2) is 0 Å². The van der Waals surface area contributed by atoms with Gasteiger partial charge in [-0.15, -0.1) is 0 Å². The monoisotopic (exact) mass is 404 g/mol. The molecule has 1 aliphatic rings. The summed E-state index contributed by atoms with van der Waals surface area (Å²) in [5.74, 6) is 0. The molecule has 0 fully saturated rings. The molecule has 2 N–H and O–H groups in total. The van der Waals surface area contributed by atoms with Crippen molar-refractivity contribution in [3.63, 3.8) is 0 Å². The molecule has 0 atom stereocenters. The van der Waals surface area contributed by atoms with Crippen LogP contribution in [0.15, 0.2) is 83.3 Å². The van der Waals surface area contributed by atoms with Crippen LogP contribution in [-0.2, 0) is 5.41 Å². The Morgan fingerprint density at radius 3 is 2.23 bits per heavy atom. The predicted octanol–water partition coefficient (Wildman–Crippen LogP) is 5.24. The molecule has 0 unspecified atom stereocenters. The number of fused-ring (bicyclic) bond motifs is 6. The van der Waals surface area contributed by atoms with Crippen LogP contribution < -0.4 is 5.46 Å². The topological polar surface area (TPSA) is 53.6 Å². The molecule has 0 saturated carbocycles. The number of furan rings is 1. The van der Waals surface area contributed by atoms with Crippen molar-refractivity contribution >= 4 is 34.5 Å². The van der Waals surface area contributed by atoms with E-state index in [0.29, 0.717) is 5.46 Å². The first-order valence-electron chi connectivity index (χ1n) is 10.5. The average Bonchev–Trinajstić information content (AvgIpc) is 3.26. The van der Waals surface area contributed by atoms with Gasteiger partial charge in [-0.05, 0) is 45.4 Å². The van der Waals surface area contributed by atoms with E-state index in [0.717, 1.165) is 44.2 Å². The van der Waals surface area contributed by atoms with E-state index in [1.165, 1.54) is 11.1 Å². The van der Waals surface area contributed by atoms with Crippen LogP contribution in [0.2, 0.25) is 0 Å². The number of rotatable bonds is 2. The summed E-state index contributed by atoms with van der Waals surface area (Å²) in [5, 5.41) is 21.5. The highest BCUT2D eigenvalue weighted by Gasteiger charge is 2.36. The molecule has 6 rings (SSSR count). The van der Waals surface area contributed by atoms with E-state index >= 15 is 0 Å². The third kappa shape index (κ3) is 2.56. The largest absolute Gasteiger partial charge is 0.488 e. The number of para-hydroxylation sites is 2. The molecule has 1 heterocycles. The Kier molecular flexibility index (Phi) is 3.77. The van der Waals surface area contributed by atoms with E-state index in [9.17, 15) is 10.0 Å². The molecule has 4 heteroatoms. The highest BCUT2D eigenvalue weighted by molar-refractivity contribution is 6.58. The van der Waals surface area contributed by atoms with Crippen molar-refractivity contribution in [1.82, 2.24) is 0 Å². The van der Waals surface area contributed by atoms with Crippen LogP contribution in [0, 0.1) is 0 Å². The molecule has 31 heavy (non-hydrogen) atoms. The first kappa shape index (κ1) is 18.4. The molecule has 0 amide bonds. The molecule has 0 bridgehead atoms.